The minimum absolute atomic E-state index is 0.177. The molecule has 0 radical (unpaired) electrons. The number of nitrogens with one attached hydrogen (secondary N) is 1. The first-order valence-corrected chi connectivity index (χ1v) is 8.59. The van der Waals surface area contributed by atoms with E-state index in [0.29, 0.717) is 6.54 Å². The Kier molecular flexibility index (Phi) is 5.32. The molecule has 118 valence electrons. The third-order valence-electron chi connectivity index (χ3n) is 3.90. The highest BCUT2D eigenvalue weighted by atomic mass is 32.2. The molecule has 21 heavy (non-hydrogen) atoms. The summed E-state index contributed by atoms with van der Waals surface area (Å²) in [5.41, 5.74) is 0.197. The average Bonchev–Trinajstić information content (AvgIpc) is 2.92. The standard InChI is InChI=1S/C14H21FN2O3S/c1-2-17-7-3-4-13(17)9-16-21(19,20)14-8-12(15)6-5-11(14)10-18/h5-6,8,13,16,18H,2-4,7,9-10H2,1H3. The smallest absolute Gasteiger partial charge is 0.241 e. The molecule has 1 aromatic carbocycles. The van der Waals surface area contributed by atoms with Crippen molar-refractivity contribution < 1.29 is 17.9 Å². The van der Waals surface area contributed by atoms with E-state index in [0.717, 1.165) is 38.1 Å². The van der Waals surface area contributed by atoms with Gasteiger partial charge in [0.1, 0.15) is 5.82 Å². The van der Waals surface area contributed by atoms with Gasteiger partial charge in [0.05, 0.1) is 11.5 Å². The number of likely N-dealkylation sites (N-methyl/N-ethyl adjacent to an activating group) is 1. The summed E-state index contributed by atoms with van der Waals surface area (Å²) in [6, 6.07) is 3.55. The first-order valence-electron chi connectivity index (χ1n) is 7.11. The van der Waals surface area contributed by atoms with Crippen molar-refractivity contribution >= 4 is 10.0 Å². The van der Waals surface area contributed by atoms with E-state index in [9.17, 15) is 17.9 Å². The van der Waals surface area contributed by atoms with Gasteiger partial charge in [0.2, 0.25) is 10.0 Å². The van der Waals surface area contributed by atoms with E-state index in [-0.39, 0.29) is 16.5 Å². The Bertz CT molecular complexity index is 592. The summed E-state index contributed by atoms with van der Waals surface area (Å²) in [5, 5.41) is 9.21. The number of halogens is 1. The molecule has 1 aromatic rings. The number of likely N-dealkylation sites (tertiary alicyclic amines) is 1. The number of rotatable bonds is 6. The van der Waals surface area contributed by atoms with Crippen molar-refractivity contribution in [1.82, 2.24) is 9.62 Å². The molecule has 1 atom stereocenters. The average molecular weight is 316 g/mol. The second-order valence-electron chi connectivity index (χ2n) is 5.19. The van der Waals surface area contributed by atoms with Gasteiger partial charge in [-0.3, -0.25) is 4.90 Å². The van der Waals surface area contributed by atoms with Crippen molar-refractivity contribution in [1.29, 1.82) is 0 Å². The maximum absolute atomic E-state index is 13.3. The van der Waals surface area contributed by atoms with Gasteiger partial charge in [-0.1, -0.05) is 13.0 Å². The van der Waals surface area contributed by atoms with Crippen LogP contribution in [0, 0.1) is 5.82 Å². The molecule has 2 N–H and O–H groups in total. The lowest BCUT2D eigenvalue weighted by Crippen LogP contribution is -2.40. The molecule has 0 aliphatic carbocycles. The summed E-state index contributed by atoms with van der Waals surface area (Å²) < 4.78 is 40.4. The van der Waals surface area contributed by atoms with Crippen LogP contribution in [0.3, 0.4) is 0 Å². The topological polar surface area (TPSA) is 69.6 Å². The first kappa shape index (κ1) is 16.4. The normalized spacial score (nSPS) is 20.0. The van der Waals surface area contributed by atoms with Gasteiger partial charge < -0.3 is 5.11 Å². The lowest BCUT2D eigenvalue weighted by molar-refractivity contribution is 0.267. The monoisotopic (exact) mass is 316 g/mol. The van der Waals surface area contributed by atoms with Crippen LogP contribution in [0.15, 0.2) is 23.1 Å². The molecule has 1 aliphatic rings. The van der Waals surface area contributed by atoms with Crippen molar-refractivity contribution in [3.05, 3.63) is 29.6 Å². The van der Waals surface area contributed by atoms with Crippen LogP contribution < -0.4 is 4.72 Å². The van der Waals surface area contributed by atoms with Gasteiger partial charge in [-0.25, -0.2) is 17.5 Å². The summed E-state index contributed by atoms with van der Waals surface area (Å²) in [7, 11) is -3.82. The molecule has 1 fully saturated rings. The molecule has 5 nitrogen and oxygen atoms in total. The van der Waals surface area contributed by atoms with E-state index < -0.39 is 22.4 Å². The molecule has 1 heterocycles. The molecular formula is C14H21FN2O3S. The van der Waals surface area contributed by atoms with Gasteiger partial charge >= 0.3 is 0 Å². The van der Waals surface area contributed by atoms with Gasteiger partial charge in [0, 0.05) is 12.6 Å². The Morgan fingerprint density at radius 1 is 1.48 bits per heavy atom. The molecule has 7 heteroatoms. The molecule has 1 saturated heterocycles. The lowest BCUT2D eigenvalue weighted by atomic mass is 10.2. The largest absolute Gasteiger partial charge is 0.392 e. The first-order chi connectivity index (χ1) is 9.97. The van der Waals surface area contributed by atoms with E-state index >= 15 is 0 Å². The highest BCUT2D eigenvalue weighted by Gasteiger charge is 2.26. The summed E-state index contributed by atoms with van der Waals surface area (Å²) in [6.45, 7) is 3.76. The number of sulfonamides is 1. The van der Waals surface area contributed by atoms with E-state index in [1.165, 1.54) is 6.07 Å². The lowest BCUT2D eigenvalue weighted by Gasteiger charge is -2.23. The van der Waals surface area contributed by atoms with Crippen molar-refractivity contribution in [2.45, 2.75) is 37.3 Å². The molecule has 0 aromatic heterocycles. The molecule has 0 saturated carbocycles. The van der Waals surface area contributed by atoms with E-state index in [2.05, 4.69) is 9.62 Å². The van der Waals surface area contributed by atoms with Gasteiger partial charge in [-0.05, 0) is 43.6 Å². The maximum Gasteiger partial charge on any atom is 0.241 e. The second-order valence-corrected chi connectivity index (χ2v) is 6.92. The molecule has 0 spiro atoms. The quantitative estimate of drug-likeness (QED) is 0.824. The van der Waals surface area contributed by atoms with Crippen LogP contribution in [-0.4, -0.2) is 44.1 Å². The summed E-state index contributed by atoms with van der Waals surface area (Å²) in [4.78, 5) is 2.03. The molecule has 2 rings (SSSR count). The van der Waals surface area contributed by atoms with Crippen molar-refractivity contribution in [2.24, 2.45) is 0 Å². The molecule has 0 bridgehead atoms. The number of nitrogens with zero attached hydrogens (tertiary/aromatic N) is 1. The fourth-order valence-corrected chi connectivity index (χ4v) is 4.05. The Hall–Kier alpha value is -1.02. The highest BCUT2D eigenvalue weighted by molar-refractivity contribution is 7.89. The molecule has 0 amide bonds. The molecule has 1 unspecified atom stereocenters. The van der Waals surface area contributed by atoms with Gasteiger partial charge in [0.15, 0.2) is 0 Å². The summed E-state index contributed by atoms with van der Waals surface area (Å²) >= 11 is 0. The zero-order valence-corrected chi connectivity index (χ0v) is 12.9. The third-order valence-corrected chi connectivity index (χ3v) is 5.41. The third kappa shape index (κ3) is 3.79. The van der Waals surface area contributed by atoms with E-state index in [1.54, 1.807) is 0 Å². The molecular weight excluding hydrogens is 295 g/mol. The Morgan fingerprint density at radius 2 is 2.24 bits per heavy atom. The SMILES string of the molecule is CCN1CCCC1CNS(=O)(=O)c1cc(F)ccc1CO. The molecule has 1 aliphatic heterocycles. The van der Waals surface area contributed by atoms with Crippen molar-refractivity contribution in [3.8, 4) is 0 Å². The zero-order valence-electron chi connectivity index (χ0n) is 12.0. The van der Waals surface area contributed by atoms with Crippen LogP contribution >= 0.6 is 0 Å². The Balaban J connectivity index is 2.13. The van der Waals surface area contributed by atoms with Crippen LogP contribution in [0.1, 0.15) is 25.3 Å². The number of hydrogen-bond acceptors (Lipinski definition) is 4. The highest BCUT2D eigenvalue weighted by Crippen LogP contribution is 2.19. The number of hydrogen-bond donors (Lipinski definition) is 2. The fourth-order valence-electron chi connectivity index (χ4n) is 2.74. The maximum atomic E-state index is 13.3. The zero-order chi connectivity index (χ0) is 15.5. The Morgan fingerprint density at radius 3 is 2.90 bits per heavy atom. The minimum atomic E-state index is -3.82. The number of aliphatic hydroxyl groups is 1. The van der Waals surface area contributed by atoms with Gasteiger partial charge in [0.25, 0.3) is 0 Å². The van der Waals surface area contributed by atoms with Gasteiger partial charge in [-0.15, -0.1) is 0 Å². The predicted octanol–water partition coefficient (Wildman–Crippen LogP) is 1.08. The predicted molar refractivity (Wildman–Crippen MR) is 77.8 cm³/mol. The van der Waals surface area contributed by atoms with Crippen LogP contribution in [0.5, 0.6) is 0 Å². The second kappa shape index (κ2) is 6.83. The number of aliphatic hydroxyl groups excluding tert-OH is 1. The summed E-state index contributed by atoms with van der Waals surface area (Å²) in [6.07, 6.45) is 2.01. The van der Waals surface area contributed by atoms with Crippen molar-refractivity contribution in [2.75, 3.05) is 19.6 Å². The number of benzene rings is 1. The van der Waals surface area contributed by atoms with E-state index in [1.807, 2.05) is 6.92 Å². The van der Waals surface area contributed by atoms with Crippen LogP contribution in [0.4, 0.5) is 4.39 Å². The fraction of sp³-hybridized carbons (Fsp3) is 0.571. The van der Waals surface area contributed by atoms with Crippen LogP contribution in [-0.2, 0) is 16.6 Å². The van der Waals surface area contributed by atoms with E-state index in [4.69, 9.17) is 0 Å². The van der Waals surface area contributed by atoms with Crippen LogP contribution in [0.25, 0.3) is 0 Å². The van der Waals surface area contributed by atoms with Gasteiger partial charge in [-0.2, -0.15) is 0 Å². The minimum Gasteiger partial charge on any atom is -0.392 e. The Labute approximate surface area is 124 Å². The summed E-state index contributed by atoms with van der Waals surface area (Å²) in [5.74, 6) is -0.636. The van der Waals surface area contributed by atoms with Crippen molar-refractivity contribution in [3.63, 3.8) is 0 Å². The van der Waals surface area contributed by atoms with Crippen LogP contribution in [0.2, 0.25) is 0 Å².